The van der Waals surface area contributed by atoms with Crippen LogP contribution in [0.25, 0.3) is 0 Å². The zero-order chi connectivity index (χ0) is 17.0. The van der Waals surface area contributed by atoms with E-state index >= 15 is 0 Å². The molecule has 2 atom stereocenters. The molecule has 1 aromatic carbocycles. The van der Waals surface area contributed by atoms with Crippen LogP contribution in [0.3, 0.4) is 0 Å². The summed E-state index contributed by atoms with van der Waals surface area (Å²) in [4.78, 5) is 24.9. The van der Waals surface area contributed by atoms with Gasteiger partial charge in [-0.3, -0.25) is 4.79 Å². The smallest absolute Gasteiger partial charge is 0.312 e. The van der Waals surface area contributed by atoms with Crippen LogP contribution in [-0.4, -0.2) is 44.2 Å². The molecule has 0 bridgehead atoms. The number of amides is 3. The van der Waals surface area contributed by atoms with Gasteiger partial charge in [0.25, 0.3) is 0 Å². The summed E-state index contributed by atoms with van der Waals surface area (Å²) >= 11 is 6.06. The molecule has 1 fully saturated rings. The number of benzene rings is 1. The Morgan fingerprint density at radius 2 is 2.22 bits per heavy atom. The first kappa shape index (κ1) is 17.2. The molecule has 1 aliphatic rings. The molecule has 126 valence electrons. The van der Waals surface area contributed by atoms with Crippen LogP contribution in [0.15, 0.2) is 18.2 Å². The highest BCUT2D eigenvalue weighted by atomic mass is 35.5. The van der Waals surface area contributed by atoms with Crippen molar-refractivity contribution in [2.75, 3.05) is 25.1 Å². The normalized spacial score (nSPS) is 18.4. The lowest BCUT2D eigenvalue weighted by Crippen LogP contribution is -2.50. The second-order valence-electron chi connectivity index (χ2n) is 5.49. The van der Waals surface area contributed by atoms with Crippen molar-refractivity contribution in [3.05, 3.63) is 23.2 Å². The van der Waals surface area contributed by atoms with Crippen molar-refractivity contribution < 1.29 is 14.3 Å². The van der Waals surface area contributed by atoms with Crippen molar-refractivity contribution in [1.29, 1.82) is 0 Å². The Hall–Kier alpha value is -2.15. The topological polar surface area (TPSA) is 96.7 Å². The van der Waals surface area contributed by atoms with Crippen molar-refractivity contribution in [3.63, 3.8) is 0 Å². The van der Waals surface area contributed by atoms with Gasteiger partial charge < -0.3 is 26.0 Å². The van der Waals surface area contributed by atoms with Crippen molar-refractivity contribution in [2.45, 2.75) is 25.4 Å². The second kappa shape index (κ2) is 7.41. The van der Waals surface area contributed by atoms with Gasteiger partial charge in [0.05, 0.1) is 12.8 Å². The number of hydrogen-bond acceptors (Lipinski definition) is 4. The summed E-state index contributed by atoms with van der Waals surface area (Å²) in [6.07, 6.45) is 0.796. The van der Waals surface area contributed by atoms with Crippen LogP contribution in [0.4, 0.5) is 10.5 Å². The van der Waals surface area contributed by atoms with Crippen LogP contribution in [0.2, 0.25) is 5.02 Å². The summed E-state index contributed by atoms with van der Waals surface area (Å²) in [6, 6.07) is 4.05. The van der Waals surface area contributed by atoms with E-state index in [1.807, 2.05) is 12.1 Å². The molecule has 4 N–H and O–H groups in total. The molecule has 23 heavy (non-hydrogen) atoms. The number of rotatable bonds is 5. The van der Waals surface area contributed by atoms with E-state index in [-0.39, 0.29) is 11.9 Å². The number of ether oxygens (including phenoxy) is 1. The summed E-state index contributed by atoms with van der Waals surface area (Å²) < 4.78 is 5.36. The van der Waals surface area contributed by atoms with E-state index in [0.29, 0.717) is 11.6 Å². The fraction of sp³-hybridized carbons (Fsp3) is 0.467. The molecule has 8 heteroatoms. The number of halogens is 1. The lowest BCUT2D eigenvalue weighted by molar-refractivity contribution is -0.123. The summed E-state index contributed by atoms with van der Waals surface area (Å²) in [5.41, 5.74) is 5.92. The largest absolute Gasteiger partial charge is 0.495 e. The number of nitrogens with two attached hydrogens (primary N) is 1. The minimum absolute atomic E-state index is 0.0108. The van der Waals surface area contributed by atoms with E-state index in [1.54, 1.807) is 20.1 Å². The van der Waals surface area contributed by atoms with Crippen LogP contribution < -0.4 is 26.0 Å². The predicted octanol–water partition coefficient (Wildman–Crippen LogP) is 1.10. The number of anilines is 1. The van der Waals surface area contributed by atoms with Gasteiger partial charge in [0.2, 0.25) is 5.91 Å². The molecule has 0 aliphatic carbocycles. The maximum absolute atomic E-state index is 12.0. The zero-order valence-corrected chi connectivity index (χ0v) is 13.9. The van der Waals surface area contributed by atoms with E-state index in [9.17, 15) is 9.59 Å². The summed E-state index contributed by atoms with van der Waals surface area (Å²) in [5.74, 6) is 0.485. The second-order valence-corrected chi connectivity index (χ2v) is 5.92. The summed E-state index contributed by atoms with van der Waals surface area (Å²) in [7, 11) is 1.61. The Bertz CT molecular complexity index is 596. The number of urea groups is 1. The Kier molecular flexibility index (Phi) is 5.54. The molecular formula is C15H21ClN4O3. The number of carbonyl (C=O) groups is 2. The molecule has 0 saturated carbocycles. The fourth-order valence-electron chi connectivity index (χ4n) is 2.61. The maximum Gasteiger partial charge on any atom is 0.312 e. The zero-order valence-electron chi connectivity index (χ0n) is 13.1. The molecule has 0 radical (unpaired) electrons. The molecule has 0 unspecified atom stereocenters. The lowest BCUT2D eigenvalue weighted by Gasteiger charge is -2.22. The van der Waals surface area contributed by atoms with Gasteiger partial charge >= 0.3 is 6.03 Å². The van der Waals surface area contributed by atoms with E-state index in [1.165, 1.54) is 0 Å². The van der Waals surface area contributed by atoms with E-state index in [2.05, 4.69) is 15.5 Å². The van der Waals surface area contributed by atoms with Crippen LogP contribution in [0.1, 0.15) is 13.3 Å². The third kappa shape index (κ3) is 4.41. The Balaban J connectivity index is 1.97. The molecular weight excluding hydrogens is 320 g/mol. The van der Waals surface area contributed by atoms with E-state index in [0.717, 1.165) is 24.4 Å². The van der Waals surface area contributed by atoms with Gasteiger partial charge in [-0.1, -0.05) is 11.6 Å². The monoisotopic (exact) mass is 340 g/mol. The summed E-state index contributed by atoms with van der Waals surface area (Å²) in [6.45, 7) is 3.01. The van der Waals surface area contributed by atoms with Gasteiger partial charge in [-0.2, -0.15) is 0 Å². The number of hydrogen-bond donors (Lipinski definition) is 3. The first-order valence-electron chi connectivity index (χ1n) is 7.35. The van der Waals surface area contributed by atoms with Crippen LogP contribution >= 0.6 is 11.6 Å². The molecule has 0 spiro atoms. The number of methoxy groups -OCH3 is 1. The molecule has 7 nitrogen and oxygen atoms in total. The Labute approximate surface area is 140 Å². The maximum atomic E-state index is 12.0. The van der Waals surface area contributed by atoms with Crippen molar-refractivity contribution >= 4 is 29.2 Å². The molecule has 1 heterocycles. The molecule has 0 aromatic heterocycles. The SMILES string of the molecule is COc1ccc(Cl)cc1N1CC[C@@H](NC(=O)[C@@H](C)NC(N)=O)C1. The number of carbonyl (C=O) groups excluding carboxylic acids is 2. The van der Waals surface area contributed by atoms with Gasteiger partial charge in [0, 0.05) is 24.2 Å². The number of nitrogens with zero attached hydrogens (tertiary/aromatic N) is 1. The van der Waals surface area contributed by atoms with Gasteiger partial charge in [0.15, 0.2) is 0 Å². The Morgan fingerprint density at radius 3 is 2.87 bits per heavy atom. The molecule has 2 rings (SSSR count). The van der Waals surface area contributed by atoms with Crippen LogP contribution in [0, 0.1) is 0 Å². The van der Waals surface area contributed by atoms with Gasteiger partial charge in [-0.15, -0.1) is 0 Å². The van der Waals surface area contributed by atoms with E-state index < -0.39 is 12.1 Å². The summed E-state index contributed by atoms with van der Waals surface area (Å²) in [5, 5.41) is 5.90. The minimum atomic E-state index is -0.718. The fourth-order valence-corrected chi connectivity index (χ4v) is 2.78. The minimum Gasteiger partial charge on any atom is -0.495 e. The van der Waals surface area contributed by atoms with Crippen molar-refractivity contribution in [1.82, 2.24) is 10.6 Å². The van der Waals surface area contributed by atoms with Gasteiger partial charge in [0.1, 0.15) is 11.8 Å². The molecule has 1 aromatic rings. The van der Waals surface area contributed by atoms with Crippen LogP contribution in [0.5, 0.6) is 5.75 Å². The van der Waals surface area contributed by atoms with Crippen molar-refractivity contribution in [2.24, 2.45) is 5.73 Å². The first-order chi connectivity index (χ1) is 10.9. The quantitative estimate of drug-likeness (QED) is 0.747. The number of nitrogens with one attached hydrogen (secondary N) is 2. The first-order valence-corrected chi connectivity index (χ1v) is 7.73. The van der Waals surface area contributed by atoms with Crippen molar-refractivity contribution in [3.8, 4) is 5.75 Å². The van der Waals surface area contributed by atoms with E-state index in [4.69, 9.17) is 22.1 Å². The highest BCUT2D eigenvalue weighted by molar-refractivity contribution is 6.30. The third-order valence-corrected chi connectivity index (χ3v) is 4.00. The molecule has 1 aliphatic heterocycles. The Morgan fingerprint density at radius 1 is 1.48 bits per heavy atom. The third-order valence-electron chi connectivity index (χ3n) is 3.77. The van der Waals surface area contributed by atoms with Gasteiger partial charge in [-0.25, -0.2) is 4.79 Å². The predicted molar refractivity (Wildman–Crippen MR) is 88.9 cm³/mol. The van der Waals surface area contributed by atoms with Gasteiger partial charge in [-0.05, 0) is 31.5 Å². The highest BCUT2D eigenvalue weighted by Gasteiger charge is 2.27. The molecule has 3 amide bonds. The average molecular weight is 341 g/mol. The van der Waals surface area contributed by atoms with Crippen LogP contribution in [-0.2, 0) is 4.79 Å². The highest BCUT2D eigenvalue weighted by Crippen LogP contribution is 2.33. The standard InChI is InChI=1S/C15H21ClN4O3/c1-9(18-15(17)22)14(21)19-11-5-6-20(8-11)12-7-10(16)3-4-13(12)23-2/h3-4,7,9,11H,5-6,8H2,1-2H3,(H,19,21)(H3,17,18,22)/t9-,11-/m1/s1. The average Bonchev–Trinajstić information content (AvgIpc) is 2.94. The molecule has 1 saturated heterocycles. The number of primary amides is 1. The lowest BCUT2D eigenvalue weighted by atomic mass is 10.2.